The summed E-state index contributed by atoms with van der Waals surface area (Å²) in [5.41, 5.74) is 1.12. The zero-order valence-corrected chi connectivity index (χ0v) is 19.6. The maximum Gasteiger partial charge on any atom is 0.238 e. The molecule has 7 nitrogen and oxygen atoms in total. The number of hydrogen-bond acceptors (Lipinski definition) is 5. The van der Waals surface area contributed by atoms with Crippen LogP contribution < -0.4 is 10.5 Å². The summed E-state index contributed by atoms with van der Waals surface area (Å²) >= 11 is 0. The standard InChI is InChI=1S/C23H30FN5O2S/c1-15(2)23(16(3)4)26-14-21-27-22(12-17-8-6-5-7-9-17)29(28-21)20-11-10-18(13-19(20)24)32(25,30)31/h5-11,13,15-16,23,26H,12,14H2,1-4H3,(H2,25,30,31). The summed E-state index contributed by atoms with van der Waals surface area (Å²) in [6.07, 6.45) is 0.446. The van der Waals surface area contributed by atoms with Crippen LogP contribution in [0, 0.1) is 17.7 Å². The number of rotatable bonds is 9. The highest BCUT2D eigenvalue weighted by Crippen LogP contribution is 2.20. The number of sulfonamides is 1. The molecule has 0 radical (unpaired) electrons. The Morgan fingerprint density at radius 2 is 1.72 bits per heavy atom. The molecule has 0 fully saturated rings. The van der Waals surface area contributed by atoms with Gasteiger partial charge in [0.2, 0.25) is 10.0 Å². The van der Waals surface area contributed by atoms with Gasteiger partial charge in [-0.15, -0.1) is 5.10 Å². The van der Waals surface area contributed by atoms with Gasteiger partial charge in [0.05, 0.1) is 11.4 Å². The number of benzene rings is 2. The van der Waals surface area contributed by atoms with E-state index < -0.39 is 15.8 Å². The van der Waals surface area contributed by atoms with Gasteiger partial charge in [0, 0.05) is 12.5 Å². The van der Waals surface area contributed by atoms with Crippen LogP contribution in [0.15, 0.2) is 53.4 Å². The number of hydrogen-bond donors (Lipinski definition) is 2. The van der Waals surface area contributed by atoms with Crippen LogP contribution in [0.25, 0.3) is 5.69 Å². The van der Waals surface area contributed by atoms with Crippen LogP contribution in [0.2, 0.25) is 0 Å². The Balaban J connectivity index is 1.98. The zero-order chi connectivity index (χ0) is 23.5. The maximum atomic E-state index is 14.9. The molecule has 9 heteroatoms. The molecule has 0 aliphatic carbocycles. The highest BCUT2D eigenvalue weighted by atomic mass is 32.2. The van der Waals surface area contributed by atoms with E-state index in [9.17, 15) is 12.8 Å². The first-order valence-corrected chi connectivity index (χ1v) is 12.2. The lowest BCUT2D eigenvalue weighted by Crippen LogP contribution is -2.38. The number of nitrogens with zero attached hydrogens (tertiary/aromatic N) is 3. The Kier molecular flexibility index (Phi) is 7.43. The van der Waals surface area contributed by atoms with Crippen LogP contribution in [0.4, 0.5) is 4.39 Å². The SMILES string of the molecule is CC(C)C(NCc1nc(Cc2ccccc2)n(-c2ccc(S(N)(=O)=O)cc2F)n1)C(C)C. The van der Waals surface area contributed by atoms with Crippen LogP contribution >= 0.6 is 0 Å². The fourth-order valence-corrected chi connectivity index (χ4v) is 4.36. The van der Waals surface area contributed by atoms with Gasteiger partial charge in [-0.2, -0.15) is 0 Å². The molecule has 0 saturated heterocycles. The molecule has 3 aromatic rings. The van der Waals surface area contributed by atoms with Gasteiger partial charge in [-0.1, -0.05) is 58.0 Å². The van der Waals surface area contributed by atoms with Crippen molar-refractivity contribution in [3.05, 3.63) is 71.6 Å². The van der Waals surface area contributed by atoms with Crippen molar-refractivity contribution in [3.8, 4) is 5.69 Å². The first-order valence-electron chi connectivity index (χ1n) is 10.6. The fourth-order valence-electron chi connectivity index (χ4n) is 3.84. The van der Waals surface area contributed by atoms with Gasteiger partial charge in [0.1, 0.15) is 17.3 Å². The third-order valence-electron chi connectivity index (χ3n) is 5.33. The minimum absolute atomic E-state index is 0.117. The highest BCUT2D eigenvalue weighted by Gasteiger charge is 2.20. The van der Waals surface area contributed by atoms with E-state index in [1.165, 1.54) is 16.8 Å². The molecule has 1 aromatic heterocycles. The maximum absolute atomic E-state index is 14.9. The zero-order valence-electron chi connectivity index (χ0n) is 18.8. The number of halogens is 1. The summed E-state index contributed by atoms with van der Waals surface area (Å²) in [5.74, 6) is 1.23. The average molecular weight is 460 g/mol. The van der Waals surface area contributed by atoms with Crippen LogP contribution in [-0.2, 0) is 23.0 Å². The molecule has 0 atom stereocenters. The summed E-state index contributed by atoms with van der Waals surface area (Å²) in [6, 6.07) is 13.5. The molecule has 0 amide bonds. The molecule has 0 saturated carbocycles. The van der Waals surface area contributed by atoms with E-state index >= 15 is 0 Å². The molecule has 3 rings (SSSR count). The van der Waals surface area contributed by atoms with Gasteiger partial charge < -0.3 is 5.32 Å². The van der Waals surface area contributed by atoms with Crippen LogP contribution in [0.5, 0.6) is 0 Å². The lowest BCUT2D eigenvalue weighted by Gasteiger charge is -2.25. The molecule has 2 aromatic carbocycles. The largest absolute Gasteiger partial charge is 0.306 e. The summed E-state index contributed by atoms with van der Waals surface area (Å²) in [6.45, 7) is 9.08. The van der Waals surface area contributed by atoms with E-state index in [0.29, 0.717) is 36.5 Å². The van der Waals surface area contributed by atoms with Crippen LogP contribution in [0.1, 0.15) is 44.9 Å². The molecule has 0 bridgehead atoms. The van der Waals surface area contributed by atoms with E-state index in [1.807, 2.05) is 30.3 Å². The highest BCUT2D eigenvalue weighted by molar-refractivity contribution is 7.89. The lowest BCUT2D eigenvalue weighted by atomic mass is 9.93. The third kappa shape index (κ3) is 5.79. The number of nitrogens with one attached hydrogen (secondary N) is 1. The monoisotopic (exact) mass is 459 g/mol. The number of aromatic nitrogens is 3. The van der Waals surface area contributed by atoms with Crippen molar-refractivity contribution in [3.63, 3.8) is 0 Å². The van der Waals surface area contributed by atoms with Crippen molar-refractivity contribution in [2.24, 2.45) is 17.0 Å². The quantitative estimate of drug-likeness (QED) is 0.510. The normalized spacial score (nSPS) is 12.3. The van der Waals surface area contributed by atoms with Gasteiger partial charge in [-0.05, 0) is 35.6 Å². The molecule has 0 aliphatic rings. The summed E-state index contributed by atoms with van der Waals surface area (Å²) < 4.78 is 39.5. The fraction of sp³-hybridized carbons (Fsp3) is 0.391. The van der Waals surface area contributed by atoms with Crippen molar-refractivity contribution in [2.75, 3.05) is 0 Å². The molecular formula is C23H30FN5O2S. The van der Waals surface area contributed by atoms with E-state index in [4.69, 9.17) is 5.14 Å². The Morgan fingerprint density at radius 1 is 1.06 bits per heavy atom. The average Bonchev–Trinajstić information content (AvgIpc) is 3.09. The Labute approximate surface area is 188 Å². The molecular weight excluding hydrogens is 429 g/mol. The minimum Gasteiger partial charge on any atom is -0.306 e. The van der Waals surface area contributed by atoms with E-state index in [-0.39, 0.29) is 16.6 Å². The lowest BCUT2D eigenvalue weighted by molar-refractivity contribution is 0.310. The first kappa shape index (κ1) is 24.0. The molecule has 1 heterocycles. The van der Waals surface area contributed by atoms with E-state index in [2.05, 4.69) is 43.1 Å². The van der Waals surface area contributed by atoms with Gasteiger partial charge in [0.25, 0.3) is 0 Å². The number of primary sulfonamides is 1. The van der Waals surface area contributed by atoms with Crippen molar-refractivity contribution < 1.29 is 12.8 Å². The third-order valence-corrected chi connectivity index (χ3v) is 6.24. The predicted octanol–water partition coefficient (Wildman–Crippen LogP) is 3.41. The van der Waals surface area contributed by atoms with Crippen LogP contribution in [0.3, 0.4) is 0 Å². The van der Waals surface area contributed by atoms with Gasteiger partial charge in [0.15, 0.2) is 5.82 Å². The second-order valence-electron chi connectivity index (χ2n) is 8.57. The Morgan fingerprint density at radius 3 is 2.28 bits per heavy atom. The molecule has 172 valence electrons. The van der Waals surface area contributed by atoms with Crippen molar-refractivity contribution in [1.82, 2.24) is 20.1 Å². The van der Waals surface area contributed by atoms with Crippen molar-refractivity contribution >= 4 is 10.0 Å². The minimum atomic E-state index is -4.01. The van der Waals surface area contributed by atoms with Gasteiger partial charge in [-0.3, -0.25) is 0 Å². The topological polar surface area (TPSA) is 103 Å². The second kappa shape index (κ2) is 9.89. The van der Waals surface area contributed by atoms with E-state index in [1.54, 1.807) is 0 Å². The summed E-state index contributed by atoms with van der Waals surface area (Å²) in [4.78, 5) is 4.37. The number of nitrogens with two attached hydrogens (primary N) is 1. The summed E-state index contributed by atoms with van der Waals surface area (Å²) in [5, 5.41) is 13.2. The second-order valence-corrected chi connectivity index (χ2v) is 10.1. The molecule has 32 heavy (non-hydrogen) atoms. The van der Waals surface area contributed by atoms with Crippen molar-refractivity contribution in [2.45, 2.75) is 51.6 Å². The van der Waals surface area contributed by atoms with Gasteiger partial charge >= 0.3 is 0 Å². The molecule has 0 unspecified atom stereocenters. The van der Waals surface area contributed by atoms with Crippen molar-refractivity contribution in [1.29, 1.82) is 0 Å². The van der Waals surface area contributed by atoms with Crippen LogP contribution in [-0.4, -0.2) is 29.2 Å². The molecule has 3 N–H and O–H groups in total. The Hall–Kier alpha value is -2.62. The summed E-state index contributed by atoms with van der Waals surface area (Å²) in [7, 11) is -4.01. The van der Waals surface area contributed by atoms with E-state index in [0.717, 1.165) is 11.6 Å². The molecule has 0 aliphatic heterocycles. The molecule has 0 spiro atoms. The smallest absolute Gasteiger partial charge is 0.238 e. The predicted molar refractivity (Wildman–Crippen MR) is 122 cm³/mol. The Bertz CT molecular complexity index is 1150. The van der Waals surface area contributed by atoms with Gasteiger partial charge in [-0.25, -0.2) is 27.6 Å². The first-order chi connectivity index (χ1) is 15.1.